The summed E-state index contributed by atoms with van der Waals surface area (Å²) in [7, 11) is 0. The third-order valence-corrected chi connectivity index (χ3v) is 1.28. The van der Waals surface area contributed by atoms with E-state index < -0.39 is 0 Å². The molecule has 0 amide bonds. The molecule has 0 radical (unpaired) electrons. The van der Waals surface area contributed by atoms with Gasteiger partial charge < -0.3 is 5.43 Å². The molecule has 4 nitrogen and oxygen atoms in total. The lowest BCUT2D eigenvalue weighted by atomic mass is 10.3. The van der Waals surface area contributed by atoms with Crippen molar-refractivity contribution in [2.45, 2.75) is 6.54 Å². The molecular weight excluding hydrogens is 116 g/mol. The highest BCUT2D eigenvalue weighted by Crippen LogP contribution is 2.13. The predicted molar refractivity (Wildman–Crippen MR) is 32.5 cm³/mol. The van der Waals surface area contributed by atoms with Crippen LogP contribution in [0.2, 0.25) is 0 Å². The number of hydrogen-bond donors (Lipinski definition) is 2. The average molecular weight is 122 g/mol. The number of hydrazine groups is 1. The van der Waals surface area contributed by atoms with Crippen LogP contribution in [0.4, 0.5) is 5.69 Å². The number of nitrogens with one attached hydrogen (secondary N) is 2. The zero-order valence-corrected chi connectivity index (χ0v) is 4.76. The molecule has 0 aromatic carbocycles. The SMILES string of the molecule is c1cc2c(nn1)CNN2. The predicted octanol–water partition coefficient (Wildman–Crippen LogP) is -0.0933. The molecule has 2 heterocycles. The van der Waals surface area contributed by atoms with E-state index >= 15 is 0 Å². The number of hydrogen-bond acceptors (Lipinski definition) is 4. The van der Waals surface area contributed by atoms with Gasteiger partial charge in [0.25, 0.3) is 0 Å². The highest BCUT2D eigenvalue weighted by atomic mass is 15.4. The summed E-state index contributed by atoms with van der Waals surface area (Å²) in [6, 6.07) is 1.89. The van der Waals surface area contributed by atoms with Crippen LogP contribution in [-0.2, 0) is 6.54 Å². The molecule has 0 atom stereocenters. The molecule has 0 aliphatic carbocycles. The summed E-state index contributed by atoms with van der Waals surface area (Å²) in [5.74, 6) is 0. The Labute approximate surface area is 52.3 Å². The lowest BCUT2D eigenvalue weighted by Crippen LogP contribution is -2.10. The Morgan fingerprint density at radius 2 is 2.56 bits per heavy atom. The number of anilines is 1. The van der Waals surface area contributed by atoms with Crippen LogP contribution in [0.25, 0.3) is 0 Å². The maximum Gasteiger partial charge on any atom is 0.103 e. The molecule has 1 aromatic heterocycles. The molecule has 1 aromatic rings. The molecule has 0 spiro atoms. The minimum Gasteiger partial charge on any atom is -0.319 e. The van der Waals surface area contributed by atoms with Gasteiger partial charge in [-0.15, -0.1) is 0 Å². The fourth-order valence-electron chi connectivity index (χ4n) is 0.828. The first-order valence-electron chi connectivity index (χ1n) is 2.76. The van der Waals surface area contributed by atoms with E-state index in [0.29, 0.717) is 0 Å². The van der Waals surface area contributed by atoms with Crippen molar-refractivity contribution in [3.8, 4) is 0 Å². The van der Waals surface area contributed by atoms with Crippen molar-refractivity contribution in [1.82, 2.24) is 15.6 Å². The van der Waals surface area contributed by atoms with Crippen LogP contribution in [0, 0.1) is 0 Å². The lowest BCUT2D eigenvalue weighted by molar-refractivity contribution is 0.821. The fourth-order valence-corrected chi connectivity index (χ4v) is 0.828. The zero-order chi connectivity index (χ0) is 6.10. The van der Waals surface area contributed by atoms with Crippen molar-refractivity contribution in [1.29, 1.82) is 0 Å². The van der Waals surface area contributed by atoms with E-state index in [0.717, 1.165) is 17.9 Å². The summed E-state index contributed by atoms with van der Waals surface area (Å²) >= 11 is 0. The third kappa shape index (κ3) is 0.639. The summed E-state index contributed by atoms with van der Waals surface area (Å²) in [6.45, 7) is 0.767. The van der Waals surface area contributed by atoms with Gasteiger partial charge in [-0.25, -0.2) is 5.43 Å². The van der Waals surface area contributed by atoms with E-state index in [4.69, 9.17) is 0 Å². The molecule has 2 N–H and O–H groups in total. The molecular formula is C5H6N4. The Kier molecular flexibility index (Phi) is 0.868. The van der Waals surface area contributed by atoms with Gasteiger partial charge in [0, 0.05) is 0 Å². The minimum atomic E-state index is 0.767. The Balaban J connectivity index is 2.54. The second kappa shape index (κ2) is 1.66. The van der Waals surface area contributed by atoms with Crippen LogP contribution in [0.5, 0.6) is 0 Å². The molecule has 0 unspecified atom stereocenters. The van der Waals surface area contributed by atoms with Crippen molar-refractivity contribution in [2.24, 2.45) is 0 Å². The van der Waals surface area contributed by atoms with E-state index in [9.17, 15) is 0 Å². The summed E-state index contributed by atoms with van der Waals surface area (Å²) < 4.78 is 0. The first-order chi connectivity index (χ1) is 4.47. The molecule has 1 aliphatic heterocycles. The van der Waals surface area contributed by atoms with Crippen LogP contribution in [-0.4, -0.2) is 10.2 Å². The van der Waals surface area contributed by atoms with Crippen LogP contribution in [0.15, 0.2) is 12.3 Å². The molecule has 0 fully saturated rings. The number of fused-ring (bicyclic) bond motifs is 1. The van der Waals surface area contributed by atoms with Crippen LogP contribution >= 0.6 is 0 Å². The zero-order valence-electron chi connectivity index (χ0n) is 4.76. The Hall–Kier alpha value is -1.16. The van der Waals surface area contributed by atoms with Crippen LogP contribution in [0.3, 0.4) is 0 Å². The van der Waals surface area contributed by atoms with Crippen molar-refractivity contribution in [2.75, 3.05) is 5.43 Å². The molecule has 46 valence electrons. The number of rotatable bonds is 0. The molecule has 0 saturated heterocycles. The van der Waals surface area contributed by atoms with Gasteiger partial charge in [-0.1, -0.05) is 0 Å². The van der Waals surface area contributed by atoms with Crippen molar-refractivity contribution in [3.63, 3.8) is 0 Å². The Morgan fingerprint density at radius 3 is 3.44 bits per heavy atom. The highest BCUT2D eigenvalue weighted by Gasteiger charge is 2.08. The second-order valence-corrected chi connectivity index (χ2v) is 1.87. The van der Waals surface area contributed by atoms with Crippen LogP contribution in [0.1, 0.15) is 5.69 Å². The van der Waals surface area contributed by atoms with E-state index in [1.165, 1.54) is 0 Å². The Bertz CT molecular complexity index is 199. The van der Waals surface area contributed by atoms with Crippen molar-refractivity contribution < 1.29 is 0 Å². The number of aromatic nitrogens is 2. The van der Waals surface area contributed by atoms with E-state index in [1.54, 1.807) is 6.20 Å². The fraction of sp³-hybridized carbons (Fsp3) is 0.200. The lowest BCUT2D eigenvalue weighted by Gasteiger charge is -1.91. The molecule has 0 saturated carbocycles. The maximum absolute atomic E-state index is 3.88. The van der Waals surface area contributed by atoms with Gasteiger partial charge in [-0.05, 0) is 6.07 Å². The van der Waals surface area contributed by atoms with Gasteiger partial charge in [-0.3, -0.25) is 0 Å². The van der Waals surface area contributed by atoms with Crippen molar-refractivity contribution >= 4 is 5.69 Å². The first kappa shape index (κ1) is 4.69. The Morgan fingerprint density at radius 1 is 1.56 bits per heavy atom. The van der Waals surface area contributed by atoms with E-state index in [-0.39, 0.29) is 0 Å². The van der Waals surface area contributed by atoms with E-state index in [2.05, 4.69) is 21.0 Å². The summed E-state index contributed by atoms with van der Waals surface area (Å²) in [5.41, 5.74) is 7.90. The average Bonchev–Trinajstić information content (AvgIpc) is 2.33. The quantitative estimate of drug-likeness (QED) is 0.504. The summed E-state index contributed by atoms with van der Waals surface area (Å²) in [6.07, 6.45) is 1.67. The first-order valence-corrected chi connectivity index (χ1v) is 2.76. The highest BCUT2D eigenvalue weighted by molar-refractivity contribution is 5.48. The second-order valence-electron chi connectivity index (χ2n) is 1.87. The molecule has 0 bridgehead atoms. The number of nitrogens with zero attached hydrogens (tertiary/aromatic N) is 2. The van der Waals surface area contributed by atoms with Gasteiger partial charge in [0.15, 0.2) is 0 Å². The van der Waals surface area contributed by atoms with Crippen LogP contribution < -0.4 is 10.9 Å². The van der Waals surface area contributed by atoms with Crippen molar-refractivity contribution in [3.05, 3.63) is 18.0 Å². The monoisotopic (exact) mass is 122 g/mol. The van der Waals surface area contributed by atoms with Gasteiger partial charge in [0.1, 0.15) is 5.69 Å². The topological polar surface area (TPSA) is 49.8 Å². The molecule has 9 heavy (non-hydrogen) atoms. The molecule has 2 rings (SSSR count). The largest absolute Gasteiger partial charge is 0.319 e. The minimum absolute atomic E-state index is 0.767. The summed E-state index contributed by atoms with van der Waals surface area (Å²) in [5, 5.41) is 7.61. The smallest absolute Gasteiger partial charge is 0.103 e. The van der Waals surface area contributed by atoms with Gasteiger partial charge in [0.05, 0.1) is 18.4 Å². The normalized spacial score (nSPS) is 14.7. The van der Waals surface area contributed by atoms with Gasteiger partial charge in [0.2, 0.25) is 0 Å². The maximum atomic E-state index is 3.88. The molecule has 4 heteroatoms. The van der Waals surface area contributed by atoms with E-state index in [1.807, 2.05) is 6.07 Å². The van der Waals surface area contributed by atoms with Gasteiger partial charge >= 0.3 is 0 Å². The summed E-state index contributed by atoms with van der Waals surface area (Å²) in [4.78, 5) is 0. The van der Waals surface area contributed by atoms with Gasteiger partial charge in [-0.2, -0.15) is 10.2 Å². The standard InChI is InChI=1S/C5H6N4/c1-2-6-9-5-3-7-8-4(1)5/h1-2,7-8H,3H2. The molecule has 1 aliphatic rings. The third-order valence-electron chi connectivity index (χ3n) is 1.28.